The molecule has 0 rings (SSSR count). The van der Waals surface area contributed by atoms with Crippen molar-refractivity contribution in [1.82, 2.24) is 0 Å². The fraction of sp³-hybridized carbons (Fsp3) is 1.00. The summed E-state index contributed by atoms with van der Waals surface area (Å²) in [5.74, 6) is 0. The molecule has 0 unspecified atom stereocenters. The first kappa shape index (κ1) is 7.00. The van der Waals surface area contributed by atoms with Gasteiger partial charge in [-0.2, -0.15) is 0 Å². The van der Waals surface area contributed by atoms with E-state index in [1.807, 2.05) is 0 Å². The molecule has 0 aliphatic rings. The van der Waals surface area contributed by atoms with Crippen molar-refractivity contribution < 1.29 is 22.5 Å². The maximum atomic E-state index is 10.6. The molecule has 0 heterocycles. The van der Waals surface area contributed by atoms with Crippen molar-refractivity contribution in [3.05, 3.63) is 0 Å². The van der Waals surface area contributed by atoms with Gasteiger partial charge in [0.15, 0.2) is 0 Å². The second-order valence-corrected chi connectivity index (χ2v) is 0.718. The van der Waals surface area contributed by atoms with E-state index in [4.69, 9.17) is 0 Å². The summed E-state index contributed by atoms with van der Waals surface area (Å²) in [7, 11) is 0. The van der Waals surface area contributed by atoms with Gasteiger partial charge in [-0.25, -0.2) is 0 Å². The smallest absolute Gasteiger partial charge is 0.142 e. The fourth-order valence-electron chi connectivity index (χ4n) is 0.0357. The molecule has 0 aliphatic heterocycles. The molecule has 7 heavy (non-hydrogen) atoms. The zero-order valence-corrected chi connectivity index (χ0v) is 3.58. The molecule has 44 valence electrons. The van der Waals surface area contributed by atoms with Crippen LogP contribution in [0.25, 0.3) is 0 Å². The fourth-order valence-corrected chi connectivity index (χ4v) is 0.107. The number of hydrogen-bond donors (Lipinski definition) is 0. The van der Waals surface area contributed by atoms with Crippen LogP contribution in [0, 0.1) is 0 Å². The predicted molar refractivity (Wildman–Crippen MR) is 14.1 cm³/mol. The van der Waals surface area contributed by atoms with Crippen molar-refractivity contribution in [3.63, 3.8) is 0 Å². The minimum atomic E-state index is -4.80. The van der Waals surface area contributed by atoms with Crippen LogP contribution in [0.3, 0.4) is 0 Å². The summed E-state index contributed by atoms with van der Waals surface area (Å²) in [5, 5.41) is 0. The highest BCUT2D eigenvalue weighted by atomic mass is 35.5. The zero-order chi connectivity index (χ0) is 5.91. The second-order valence-electron chi connectivity index (χ2n) is 0.592. The van der Waals surface area contributed by atoms with Crippen molar-refractivity contribution in [3.8, 4) is 0 Å². The minimum absolute atomic E-state index is 2.49. The van der Waals surface area contributed by atoms with E-state index in [1.54, 1.807) is 0 Å². The molecule has 2 nitrogen and oxygen atoms in total. The molecule has 0 fully saturated rings. The average molecular weight is 136 g/mol. The Balaban J connectivity index is 3.15. The molecule has 0 N–H and O–H groups in total. The van der Waals surface area contributed by atoms with Crippen molar-refractivity contribution in [1.29, 1.82) is 0 Å². The summed E-state index contributed by atoms with van der Waals surface area (Å²) >= 11 is 4.04. The lowest BCUT2D eigenvalue weighted by atomic mass is 11.4. The number of halogens is 4. The largest absolute Gasteiger partial charge is 0.550 e. The van der Waals surface area contributed by atoms with E-state index < -0.39 is 6.36 Å². The van der Waals surface area contributed by atoms with Gasteiger partial charge in [0.25, 0.3) is 0 Å². The highest BCUT2D eigenvalue weighted by Gasteiger charge is 2.30. The molecular formula is CClF3O2. The molecule has 0 saturated carbocycles. The minimum Gasteiger partial charge on any atom is -0.142 e. The van der Waals surface area contributed by atoms with E-state index in [9.17, 15) is 13.2 Å². The number of hydrogen-bond acceptors (Lipinski definition) is 2. The van der Waals surface area contributed by atoms with Crippen LogP contribution in [-0.4, -0.2) is 6.36 Å². The molecule has 0 saturated heterocycles. The van der Waals surface area contributed by atoms with Crippen LogP contribution in [-0.2, 0) is 9.33 Å². The van der Waals surface area contributed by atoms with Gasteiger partial charge in [-0.05, 0) is 0 Å². The summed E-state index contributed by atoms with van der Waals surface area (Å²) in [4.78, 5) is 2.49. The van der Waals surface area contributed by atoms with Crippen molar-refractivity contribution >= 4 is 11.9 Å². The lowest BCUT2D eigenvalue weighted by Gasteiger charge is -1.97. The summed E-state index contributed by atoms with van der Waals surface area (Å²) in [6.07, 6.45) is -4.80. The molecule has 0 aromatic carbocycles. The summed E-state index contributed by atoms with van der Waals surface area (Å²) in [6.45, 7) is 0. The van der Waals surface area contributed by atoms with Crippen molar-refractivity contribution in [2.75, 3.05) is 0 Å². The first-order chi connectivity index (χ1) is 3.06. The van der Waals surface area contributed by atoms with Crippen LogP contribution in [0.2, 0.25) is 0 Å². The maximum absolute atomic E-state index is 10.6. The van der Waals surface area contributed by atoms with Crippen LogP contribution in [0.5, 0.6) is 0 Å². The molecule has 0 aromatic heterocycles. The third-order valence-corrected chi connectivity index (χ3v) is 0.189. The Labute approximate surface area is 41.9 Å². The number of rotatable bonds is 1. The van der Waals surface area contributed by atoms with E-state index in [2.05, 4.69) is 21.2 Å². The average Bonchev–Trinajstić information content (AvgIpc) is 1.30. The monoisotopic (exact) mass is 136 g/mol. The van der Waals surface area contributed by atoms with Gasteiger partial charge in [0.2, 0.25) is 0 Å². The summed E-state index contributed by atoms with van der Waals surface area (Å²) in [5.41, 5.74) is 0. The molecule has 0 amide bonds. The van der Waals surface area contributed by atoms with Crippen LogP contribution in [0.1, 0.15) is 0 Å². The zero-order valence-electron chi connectivity index (χ0n) is 2.83. The van der Waals surface area contributed by atoms with Gasteiger partial charge in [-0.15, -0.1) is 22.5 Å². The van der Waals surface area contributed by atoms with Gasteiger partial charge in [-0.3, -0.25) is 0 Å². The summed E-state index contributed by atoms with van der Waals surface area (Å²) < 4.78 is 34.6. The quantitative estimate of drug-likeness (QED) is 0.403. The van der Waals surface area contributed by atoms with E-state index in [0.717, 1.165) is 0 Å². The Morgan fingerprint density at radius 3 is 1.71 bits per heavy atom. The Morgan fingerprint density at radius 1 is 1.29 bits per heavy atom. The summed E-state index contributed by atoms with van der Waals surface area (Å²) in [6, 6.07) is 0. The SMILES string of the molecule is FC(F)(F)OOCl. The van der Waals surface area contributed by atoms with Crippen LogP contribution in [0.15, 0.2) is 0 Å². The van der Waals surface area contributed by atoms with E-state index in [-0.39, 0.29) is 0 Å². The topological polar surface area (TPSA) is 18.5 Å². The normalized spacial score (nSPS) is 12.0. The third kappa shape index (κ3) is 6.00. The Bertz CT molecular complexity index is 51.4. The highest BCUT2D eigenvalue weighted by molar-refractivity contribution is 6.06. The molecule has 0 atom stereocenters. The Morgan fingerprint density at radius 2 is 1.71 bits per heavy atom. The molecule has 0 bridgehead atoms. The van der Waals surface area contributed by atoms with Gasteiger partial charge in [0.1, 0.15) is 11.9 Å². The third-order valence-electron chi connectivity index (χ3n) is 0.126. The molecule has 0 spiro atoms. The second kappa shape index (κ2) is 2.34. The maximum Gasteiger partial charge on any atom is 0.550 e. The van der Waals surface area contributed by atoms with E-state index in [1.165, 1.54) is 0 Å². The lowest BCUT2D eigenvalue weighted by molar-refractivity contribution is -0.445. The lowest BCUT2D eigenvalue weighted by Crippen LogP contribution is -2.10. The molecule has 0 radical (unpaired) electrons. The van der Waals surface area contributed by atoms with Crippen molar-refractivity contribution in [2.45, 2.75) is 6.36 Å². The molecular weight excluding hydrogens is 136 g/mol. The first-order valence-corrected chi connectivity index (χ1v) is 1.40. The standard InChI is InChI=1S/CClF3O2/c2-7-6-1(3,4)5. The van der Waals surface area contributed by atoms with Gasteiger partial charge < -0.3 is 0 Å². The van der Waals surface area contributed by atoms with Gasteiger partial charge in [0.05, 0.1) is 0 Å². The molecule has 0 aromatic rings. The Hall–Kier alpha value is 0. The Kier molecular flexibility index (Phi) is 2.34. The van der Waals surface area contributed by atoms with E-state index in [0.29, 0.717) is 0 Å². The van der Waals surface area contributed by atoms with Gasteiger partial charge in [0, 0.05) is 0 Å². The van der Waals surface area contributed by atoms with Crippen LogP contribution < -0.4 is 0 Å². The van der Waals surface area contributed by atoms with E-state index >= 15 is 0 Å². The number of alkyl halides is 3. The highest BCUT2D eigenvalue weighted by Crippen LogP contribution is 2.16. The van der Waals surface area contributed by atoms with Crippen LogP contribution >= 0.6 is 11.9 Å². The predicted octanol–water partition coefficient (Wildman–Crippen LogP) is 1.61. The van der Waals surface area contributed by atoms with Crippen LogP contribution in [0.4, 0.5) is 13.2 Å². The van der Waals surface area contributed by atoms with Gasteiger partial charge >= 0.3 is 6.36 Å². The van der Waals surface area contributed by atoms with Crippen molar-refractivity contribution in [2.24, 2.45) is 0 Å². The first-order valence-electron chi connectivity index (χ1n) is 1.09. The van der Waals surface area contributed by atoms with Gasteiger partial charge in [-0.1, -0.05) is 0 Å². The molecule has 6 heteroatoms. The molecule has 0 aliphatic carbocycles.